The van der Waals surface area contributed by atoms with Crippen LogP contribution in [0.5, 0.6) is 5.75 Å². The van der Waals surface area contributed by atoms with Crippen LogP contribution in [0.1, 0.15) is 11.1 Å². The Morgan fingerprint density at radius 1 is 1.03 bits per heavy atom. The lowest BCUT2D eigenvalue weighted by molar-refractivity contribution is -0.113. The van der Waals surface area contributed by atoms with Crippen LogP contribution in [0.4, 0.5) is 5.69 Å². The van der Waals surface area contributed by atoms with Crippen LogP contribution in [-0.2, 0) is 20.6 Å². The second-order valence-electron chi connectivity index (χ2n) is 7.09. The lowest BCUT2D eigenvalue weighted by Gasteiger charge is -2.07. The molecule has 0 aliphatic carbocycles. The second kappa shape index (κ2) is 9.15. The number of amidine groups is 1. The molecule has 3 aromatic rings. The molecule has 1 heterocycles. The number of carbonyl (C=O) groups is 1. The number of carbonyl (C=O) groups excluding carboxylic acids is 1. The monoisotopic (exact) mass is 467 g/mol. The first-order valence-electron chi connectivity index (χ1n) is 9.73. The highest BCUT2D eigenvalue weighted by atomic mass is 32.2. The number of amides is 1. The number of methoxy groups -OCH3 is 1. The van der Waals surface area contributed by atoms with E-state index in [0.717, 1.165) is 27.8 Å². The zero-order valence-electron chi connectivity index (χ0n) is 17.5. The molecule has 0 unspecified atom stereocenters. The van der Waals surface area contributed by atoms with E-state index in [1.807, 2.05) is 42.5 Å². The average molecular weight is 468 g/mol. The number of nitrogens with zero attached hydrogens (tertiary/aromatic N) is 1. The van der Waals surface area contributed by atoms with Gasteiger partial charge in [0.15, 0.2) is 5.17 Å². The molecule has 164 valence electrons. The summed E-state index contributed by atoms with van der Waals surface area (Å²) in [7, 11) is -0.303. The molecule has 0 atom stereocenters. The Morgan fingerprint density at radius 2 is 1.75 bits per heavy atom. The van der Waals surface area contributed by atoms with E-state index in [2.05, 4.69) is 15.0 Å². The van der Waals surface area contributed by atoms with Crippen LogP contribution in [0, 0.1) is 0 Å². The summed E-state index contributed by atoms with van der Waals surface area (Å²) in [6.45, 7) is 0. The van der Waals surface area contributed by atoms with E-state index in [-0.39, 0.29) is 11.7 Å². The average Bonchev–Trinajstić information content (AvgIpc) is 3.13. The fraction of sp³-hybridized carbons (Fsp3) is 0.130. The van der Waals surface area contributed by atoms with Gasteiger partial charge in [-0.3, -0.25) is 4.79 Å². The molecule has 0 aromatic heterocycles. The minimum Gasteiger partial charge on any atom is -0.497 e. The number of rotatable bonds is 6. The number of ether oxygens (including phenoxy) is 1. The minimum absolute atomic E-state index is 0.0939. The van der Waals surface area contributed by atoms with Crippen LogP contribution in [0.3, 0.4) is 0 Å². The van der Waals surface area contributed by atoms with Gasteiger partial charge in [-0.1, -0.05) is 30.3 Å². The summed E-state index contributed by atoms with van der Waals surface area (Å²) in [5.41, 5.74) is 2.29. The lowest BCUT2D eigenvalue weighted by Crippen LogP contribution is -2.20. The van der Waals surface area contributed by atoms with Crippen molar-refractivity contribution in [1.29, 1.82) is 0 Å². The molecule has 9 heteroatoms. The highest BCUT2D eigenvalue weighted by Crippen LogP contribution is 2.30. The third-order valence-corrected chi connectivity index (χ3v) is 7.10. The Bertz CT molecular complexity index is 1350. The predicted octanol–water partition coefficient (Wildman–Crippen LogP) is 3.98. The molecular formula is C23H21N3O4S2. The van der Waals surface area contributed by atoms with Crippen LogP contribution < -0.4 is 14.8 Å². The van der Waals surface area contributed by atoms with Gasteiger partial charge in [-0.05, 0) is 77.1 Å². The van der Waals surface area contributed by atoms with Gasteiger partial charge in [0, 0.05) is 5.69 Å². The van der Waals surface area contributed by atoms with Gasteiger partial charge in [-0.15, -0.1) is 0 Å². The van der Waals surface area contributed by atoms with Crippen molar-refractivity contribution in [1.82, 2.24) is 4.72 Å². The number of fused-ring (bicyclic) bond motifs is 1. The van der Waals surface area contributed by atoms with Gasteiger partial charge in [0.25, 0.3) is 5.91 Å². The SMILES string of the molecule is CNS(=O)(=O)Cc1ccc(NC2=NC(=O)C(=Cc3ccc4cc(OC)ccc4c3)S2)cc1. The van der Waals surface area contributed by atoms with Gasteiger partial charge in [0.2, 0.25) is 10.0 Å². The highest BCUT2D eigenvalue weighted by Gasteiger charge is 2.22. The van der Waals surface area contributed by atoms with E-state index < -0.39 is 10.0 Å². The zero-order valence-corrected chi connectivity index (χ0v) is 19.1. The quantitative estimate of drug-likeness (QED) is 0.533. The Morgan fingerprint density at radius 3 is 2.47 bits per heavy atom. The first-order valence-corrected chi connectivity index (χ1v) is 12.2. The molecule has 1 aliphatic heterocycles. The van der Waals surface area contributed by atoms with E-state index in [0.29, 0.717) is 15.6 Å². The van der Waals surface area contributed by atoms with Gasteiger partial charge < -0.3 is 10.1 Å². The number of aliphatic imine (C=N–C) groups is 1. The molecule has 32 heavy (non-hydrogen) atoms. The van der Waals surface area contributed by atoms with E-state index in [4.69, 9.17) is 4.74 Å². The fourth-order valence-electron chi connectivity index (χ4n) is 3.17. The van der Waals surface area contributed by atoms with Crippen molar-refractivity contribution in [3.63, 3.8) is 0 Å². The molecule has 0 bridgehead atoms. The molecule has 4 rings (SSSR count). The number of thioether (sulfide) groups is 1. The molecule has 0 saturated carbocycles. The summed E-state index contributed by atoms with van der Waals surface area (Å²) in [4.78, 5) is 17.0. The number of hydrogen-bond donors (Lipinski definition) is 2. The van der Waals surface area contributed by atoms with Crippen molar-refractivity contribution in [2.24, 2.45) is 4.99 Å². The maximum atomic E-state index is 12.4. The molecule has 7 nitrogen and oxygen atoms in total. The van der Waals surface area contributed by atoms with Gasteiger partial charge in [-0.25, -0.2) is 13.1 Å². The Kier molecular flexibility index (Phi) is 6.31. The van der Waals surface area contributed by atoms with E-state index >= 15 is 0 Å². The molecule has 0 fully saturated rings. The maximum Gasteiger partial charge on any atom is 0.286 e. The number of benzene rings is 3. The first-order chi connectivity index (χ1) is 15.3. The van der Waals surface area contributed by atoms with Crippen molar-refractivity contribution < 1.29 is 17.9 Å². The largest absolute Gasteiger partial charge is 0.497 e. The van der Waals surface area contributed by atoms with Crippen molar-refractivity contribution >= 4 is 55.4 Å². The van der Waals surface area contributed by atoms with Crippen LogP contribution >= 0.6 is 11.8 Å². The molecule has 0 radical (unpaired) electrons. The summed E-state index contributed by atoms with van der Waals surface area (Å²) < 4.78 is 30.9. The standard InChI is InChI=1S/C23H21N3O4S2/c1-24-32(28,29)14-15-4-8-19(9-5-15)25-23-26-22(27)21(31-23)12-16-3-6-18-13-20(30-2)10-7-17(18)11-16/h3-13,24H,14H2,1-2H3,(H,25,26,27). The van der Waals surface area contributed by atoms with Crippen molar-refractivity contribution in [3.8, 4) is 5.75 Å². The van der Waals surface area contributed by atoms with Crippen molar-refractivity contribution in [2.75, 3.05) is 19.5 Å². The first kappa shape index (κ1) is 22.1. The Hall–Kier alpha value is -3.14. The molecule has 1 aliphatic rings. The summed E-state index contributed by atoms with van der Waals surface area (Å²) in [5.74, 6) is 0.402. The predicted molar refractivity (Wildman–Crippen MR) is 130 cm³/mol. The van der Waals surface area contributed by atoms with Gasteiger partial charge in [0.05, 0.1) is 17.8 Å². The summed E-state index contributed by atoms with van der Waals surface area (Å²) in [5, 5.41) is 5.69. The second-order valence-corrected chi connectivity index (χ2v) is 10.0. The van der Waals surface area contributed by atoms with Crippen LogP contribution in [-0.4, -0.2) is 33.7 Å². The topological polar surface area (TPSA) is 96.9 Å². The van der Waals surface area contributed by atoms with Crippen LogP contribution in [0.2, 0.25) is 0 Å². The molecule has 0 spiro atoms. The van der Waals surface area contributed by atoms with E-state index in [9.17, 15) is 13.2 Å². The van der Waals surface area contributed by atoms with Gasteiger partial charge in [-0.2, -0.15) is 4.99 Å². The summed E-state index contributed by atoms with van der Waals surface area (Å²) in [6, 6.07) is 18.8. The van der Waals surface area contributed by atoms with Crippen molar-refractivity contribution in [2.45, 2.75) is 5.75 Å². The fourth-order valence-corrected chi connectivity index (χ4v) is 4.78. The summed E-state index contributed by atoms with van der Waals surface area (Å²) >= 11 is 1.26. The van der Waals surface area contributed by atoms with Crippen LogP contribution in [0.25, 0.3) is 16.8 Å². The molecule has 3 aromatic carbocycles. The lowest BCUT2D eigenvalue weighted by atomic mass is 10.1. The molecule has 2 N–H and O–H groups in total. The Balaban J connectivity index is 1.45. The van der Waals surface area contributed by atoms with Crippen LogP contribution in [0.15, 0.2) is 70.6 Å². The van der Waals surface area contributed by atoms with Crippen molar-refractivity contribution in [3.05, 3.63) is 76.7 Å². The molecular weight excluding hydrogens is 446 g/mol. The number of nitrogens with one attached hydrogen (secondary N) is 2. The third kappa shape index (κ3) is 5.18. The summed E-state index contributed by atoms with van der Waals surface area (Å²) in [6.07, 6.45) is 1.82. The smallest absolute Gasteiger partial charge is 0.286 e. The minimum atomic E-state index is -3.33. The molecule has 0 saturated heterocycles. The Labute approximate surface area is 190 Å². The molecule has 1 amide bonds. The zero-order chi connectivity index (χ0) is 22.7. The van der Waals surface area contributed by atoms with Gasteiger partial charge in [0.1, 0.15) is 5.75 Å². The highest BCUT2D eigenvalue weighted by molar-refractivity contribution is 8.18. The third-order valence-electron chi connectivity index (χ3n) is 4.86. The van der Waals surface area contributed by atoms with E-state index in [1.54, 1.807) is 31.4 Å². The number of sulfonamides is 1. The number of anilines is 1. The number of hydrogen-bond acceptors (Lipinski definition) is 6. The van der Waals surface area contributed by atoms with Gasteiger partial charge >= 0.3 is 0 Å². The normalized spacial score (nSPS) is 15.2. The van der Waals surface area contributed by atoms with E-state index in [1.165, 1.54) is 18.8 Å². The maximum absolute atomic E-state index is 12.4.